The van der Waals surface area contributed by atoms with Gasteiger partial charge < -0.3 is 65.0 Å². The number of rotatable bonds is 22. The minimum atomic E-state index is -0.607. The van der Waals surface area contributed by atoms with E-state index in [1.54, 1.807) is 110 Å². The predicted molar refractivity (Wildman–Crippen MR) is 452 cm³/mol. The van der Waals surface area contributed by atoms with Crippen LogP contribution in [0.4, 0.5) is 57.5 Å². The average molecular weight is 1720 g/mol. The van der Waals surface area contributed by atoms with E-state index in [-0.39, 0.29) is 105 Å². The lowest BCUT2D eigenvalue weighted by molar-refractivity contribution is -0.384. The van der Waals surface area contributed by atoms with E-state index in [9.17, 15) is 78.8 Å². The average Bonchev–Trinajstić information content (AvgIpc) is 1.45. The fourth-order valence-corrected chi connectivity index (χ4v) is 14.3. The highest BCUT2D eigenvalue weighted by molar-refractivity contribution is 7.15. The van der Waals surface area contributed by atoms with Gasteiger partial charge in [0.05, 0.1) is 62.0 Å². The van der Waals surface area contributed by atoms with Crippen molar-refractivity contribution in [3.05, 3.63) is 282 Å². The third-order valence-corrected chi connectivity index (χ3v) is 20.8. The number of nitrogen functional groups attached to an aromatic ring is 1. The van der Waals surface area contributed by atoms with Gasteiger partial charge in [0, 0.05) is 196 Å². The Hall–Kier alpha value is -15.0. The summed E-state index contributed by atoms with van der Waals surface area (Å²) in [6, 6.07) is 31.5. The molecule has 0 saturated carbocycles. The van der Waals surface area contributed by atoms with E-state index in [0.29, 0.717) is 66.2 Å². The fourth-order valence-electron chi connectivity index (χ4n) is 10.7. The summed E-state index contributed by atoms with van der Waals surface area (Å²) in [7, 11) is 8.01. The summed E-state index contributed by atoms with van der Waals surface area (Å²) >= 11 is 5.80. The summed E-state index contributed by atoms with van der Waals surface area (Å²) in [4.78, 5) is 147. The number of hydrogen-bond acceptors (Lipinski definition) is 33. The molecule has 10 aromatic heterocycles. The van der Waals surface area contributed by atoms with Gasteiger partial charge in [-0.05, 0) is 125 Å². The van der Waals surface area contributed by atoms with Gasteiger partial charge in [-0.15, -0.1) is 0 Å². The van der Waals surface area contributed by atoms with Crippen LogP contribution in [-0.2, 0) is 30.6 Å². The van der Waals surface area contributed by atoms with Crippen LogP contribution in [0.5, 0.6) is 11.5 Å². The van der Waals surface area contributed by atoms with Crippen LogP contribution in [0.3, 0.4) is 0 Å². The predicted octanol–water partition coefficient (Wildman–Crippen LogP) is 12.2. The maximum absolute atomic E-state index is 12.8. The molecule has 45 heteroatoms. The zero-order valence-electron chi connectivity index (χ0n) is 63.1. The molecule has 0 aliphatic carbocycles. The molecule has 10 heterocycles. The number of methoxy groups -OCH3 is 2. The molecule has 0 spiro atoms. The number of hydrogen-bond donors (Lipinski definition) is 6. The maximum atomic E-state index is 12.8. The van der Waals surface area contributed by atoms with Crippen LogP contribution in [0, 0.1) is 47.4 Å². The number of carbonyl (C=O) groups is 5. The zero-order chi connectivity index (χ0) is 86.0. The van der Waals surface area contributed by atoms with Crippen molar-refractivity contribution in [2.24, 2.45) is 21.1 Å². The lowest BCUT2D eigenvalue weighted by atomic mass is 10.2. The van der Waals surface area contributed by atoms with Crippen LogP contribution in [0.2, 0.25) is 0 Å². The minimum absolute atomic E-state index is 0.0263. The number of amides is 5. The van der Waals surface area contributed by atoms with Crippen LogP contribution in [0.1, 0.15) is 57.5 Å². The molecule has 120 heavy (non-hydrogen) atoms. The first-order valence-corrected chi connectivity index (χ1v) is 38.4. The largest absolute Gasteiger partial charge is 0.490 e. The Morgan fingerprint density at radius 2 is 0.792 bits per heavy atom. The number of carbonyl (C=O) groups excluding carboxylic acids is 5. The quantitative estimate of drug-likeness (QED) is 0.0159. The smallest absolute Gasteiger partial charge is 0.270 e. The molecule has 0 unspecified atom stereocenters. The normalized spacial score (nSPS) is 10.7. The Labute approximate surface area is 693 Å². The standard InChI is InChI=1S/C17H16N4O6S.C16H14N4O5S.C14H10N4O4S.C14H10N4O3S.C14H12N4O2S/c1-20-9-12(13(8-15(20)22)27-6-5-26-2)17(23)18-16-11-7-10(21(24)25)3-4-14(11)28-19-16;1-24-6-7-25-13-4-5-17-9-12(13)16(21)18-15-11-8-10(20(22)23)2-3-14(11)26-19-15;1-17-5-4-11(19)10(7-17)14(20)15-13-9-6-8(18(21)22)2-3-12(9)23-16-13;1-8-6-9(4-5-15-8)14(19)16-13-11-7-10(18(20)21)2-3-12(11)22-17-13;1-18-5-4-11(19)10(7-18)14(20)16-13-9-6-8(15)2-3-12(9)21-17-13/h3-4,7-9H,5-6H2,1-2H3,(H,18,19,23);2-5,8-9H,6-7H2,1H3,(H,18,19,21);2-7H,1H3,(H,15,16,20);2-7H,1H3,(H,16,17,19);2-7H,15H2,1H3,(H,16,17,20). The first kappa shape index (κ1) is 85.8. The van der Waals surface area contributed by atoms with E-state index in [0.717, 1.165) is 59.8 Å². The molecule has 0 atom stereocenters. The van der Waals surface area contributed by atoms with Gasteiger partial charge in [0.2, 0.25) is 0 Å². The number of benzene rings is 5. The molecule has 7 N–H and O–H groups in total. The van der Waals surface area contributed by atoms with Crippen LogP contribution in [-0.4, -0.2) is 135 Å². The Balaban J connectivity index is 0.000000147. The molecule has 0 radical (unpaired) electrons. The first-order chi connectivity index (χ1) is 57.5. The van der Waals surface area contributed by atoms with E-state index in [2.05, 4.69) is 58.4 Å². The summed E-state index contributed by atoms with van der Waals surface area (Å²) in [5, 5.41) is 59.6. The number of fused-ring (bicyclic) bond motifs is 5. The topological polar surface area (TPSA) is 537 Å². The number of aromatic nitrogens is 10. The first-order valence-electron chi connectivity index (χ1n) is 34.5. The highest BCUT2D eigenvalue weighted by atomic mass is 32.1. The van der Waals surface area contributed by atoms with Gasteiger partial charge in [0.15, 0.2) is 39.9 Å². The number of ether oxygens (including phenoxy) is 4. The SMILES string of the molecule is COCCOc1cc(=O)n(C)cc1C(=O)Nc1nsc2ccc([N+](=O)[O-])cc12.COCCOc1ccncc1C(=O)Nc1nsc2ccc([N+](=O)[O-])cc12.Cc1cc(C(=O)Nc2nsc3ccc([N+](=O)[O-])cc23)ccn1.Cn1ccc(=O)c(C(=O)Nc2nsc3ccc(N)cc23)c1.Cn1ccc(=O)c(C(=O)Nc2nsc3ccc([N+](=O)[O-])cc23)c1. The number of nitro benzene ring substituents is 4. The summed E-state index contributed by atoms with van der Waals surface area (Å²) in [6.07, 6.45) is 11.8. The second-order valence-electron chi connectivity index (χ2n) is 24.9. The third-order valence-electron chi connectivity index (χ3n) is 16.6. The molecule has 5 aromatic carbocycles. The van der Waals surface area contributed by atoms with E-state index in [1.165, 1.54) is 140 Å². The van der Waals surface area contributed by atoms with Crippen molar-refractivity contribution in [2.45, 2.75) is 6.92 Å². The zero-order valence-corrected chi connectivity index (χ0v) is 67.2. The number of anilines is 6. The number of nitrogens with zero attached hydrogens (tertiary/aromatic N) is 14. The van der Waals surface area contributed by atoms with Crippen molar-refractivity contribution in [1.82, 2.24) is 45.5 Å². The summed E-state index contributed by atoms with van der Waals surface area (Å²) in [5.41, 5.74) is 6.55. The Morgan fingerprint density at radius 1 is 0.425 bits per heavy atom. The molecule has 0 bridgehead atoms. The molecule has 0 aliphatic rings. The highest BCUT2D eigenvalue weighted by Gasteiger charge is 2.24. The molecule has 0 aliphatic heterocycles. The fraction of sp³-hybridized carbons (Fsp3) is 0.133. The van der Waals surface area contributed by atoms with Crippen molar-refractivity contribution in [2.75, 3.05) is 73.0 Å². The van der Waals surface area contributed by atoms with Crippen molar-refractivity contribution in [3.8, 4) is 11.5 Å². The monoisotopic (exact) mass is 1720 g/mol. The second-order valence-corrected chi connectivity index (χ2v) is 29.0. The van der Waals surface area contributed by atoms with E-state index in [4.69, 9.17) is 24.7 Å². The van der Waals surface area contributed by atoms with E-state index < -0.39 is 48.8 Å². The van der Waals surface area contributed by atoms with Crippen LogP contribution >= 0.6 is 57.7 Å². The second kappa shape index (κ2) is 39.1. The number of nitrogens with two attached hydrogens (primary N) is 1. The highest BCUT2D eigenvalue weighted by Crippen LogP contribution is 2.36. The number of non-ortho nitro benzene ring substituents is 4. The van der Waals surface area contributed by atoms with Crippen LogP contribution < -0.4 is 58.2 Å². The molecule has 15 aromatic rings. The summed E-state index contributed by atoms with van der Waals surface area (Å²) in [5.74, 6) is -0.573. The van der Waals surface area contributed by atoms with Crippen molar-refractivity contribution >= 4 is 195 Å². The maximum Gasteiger partial charge on any atom is 0.270 e. The lowest BCUT2D eigenvalue weighted by Gasteiger charge is -2.12. The molecule has 15 rings (SSSR count). The molecule has 0 fully saturated rings. The number of pyridine rings is 5. The summed E-state index contributed by atoms with van der Waals surface area (Å²) < 4.78 is 49.9. The number of nitro groups is 4. The summed E-state index contributed by atoms with van der Waals surface area (Å²) in [6.45, 7) is 2.90. The number of nitrogens with one attached hydrogen (secondary N) is 5. The van der Waals surface area contributed by atoms with Crippen LogP contribution in [0.25, 0.3) is 50.4 Å². The van der Waals surface area contributed by atoms with Crippen molar-refractivity contribution < 1.29 is 62.6 Å². The van der Waals surface area contributed by atoms with Gasteiger partial charge >= 0.3 is 0 Å². The van der Waals surface area contributed by atoms with Gasteiger partial charge in [-0.1, -0.05) is 0 Å². The minimum Gasteiger partial charge on any atom is -0.490 e. The van der Waals surface area contributed by atoms with Gasteiger partial charge in [-0.3, -0.25) is 88.8 Å². The number of aryl methyl sites for hydroxylation is 4. The van der Waals surface area contributed by atoms with Crippen LogP contribution in [0.15, 0.2) is 191 Å². The van der Waals surface area contributed by atoms with E-state index in [1.807, 2.05) is 6.07 Å². The van der Waals surface area contributed by atoms with Gasteiger partial charge in [0.1, 0.15) is 41.4 Å². The van der Waals surface area contributed by atoms with Gasteiger partial charge in [-0.25, -0.2) is 0 Å². The van der Waals surface area contributed by atoms with Crippen molar-refractivity contribution in [3.63, 3.8) is 0 Å². The molecule has 612 valence electrons. The Bertz CT molecular complexity index is 6680. The van der Waals surface area contributed by atoms with E-state index >= 15 is 0 Å². The molecular weight excluding hydrogens is 1660 g/mol. The molecule has 5 amide bonds. The lowest BCUT2D eigenvalue weighted by Crippen LogP contribution is -2.22. The molecular formula is C75H62N20O20S5. The molecule has 0 saturated heterocycles. The van der Waals surface area contributed by atoms with Gasteiger partial charge in [-0.2, -0.15) is 21.9 Å². The van der Waals surface area contributed by atoms with Gasteiger partial charge in [0.25, 0.3) is 57.8 Å². The Kier molecular flexibility index (Phi) is 28.0. The molecule has 40 nitrogen and oxygen atoms in total. The Morgan fingerprint density at radius 3 is 1.18 bits per heavy atom. The third kappa shape index (κ3) is 21.3. The van der Waals surface area contributed by atoms with Crippen molar-refractivity contribution in [1.29, 1.82) is 0 Å².